The summed E-state index contributed by atoms with van der Waals surface area (Å²) in [5.41, 5.74) is 1.34. The maximum absolute atomic E-state index is 13.0. The molecule has 0 saturated heterocycles. The first-order chi connectivity index (χ1) is 7.75. The molecule has 2 aromatic rings. The number of rotatable bonds is 3. The number of phenols is 1. The zero-order chi connectivity index (χ0) is 11.4. The fraction of sp³-hybridized carbons (Fsp3) is 0.0909. The number of aromatic nitrogens is 2. The Kier molecular flexibility index (Phi) is 2.95. The molecule has 0 amide bonds. The first-order valence-electron chi connectivity index (χ1n) is 4.73. The minimum Gasteiger partial charge on any atom is -0.505 e. The normalized spacial score (nSPS) is 10.1. The van der Waals surface area contributed by atoms with Gasteiger partial charge in [0.15, 0.2) is 11.6 Å². The van der Waals surface area contributed by atoms with Crippen LogP contribution in [0.2, 0.25) is 0 Å². The largest absolute Gasteiger partial charge is 0.505 e. The summed E-state index contributed by atoms with van der Waals surface area (Å²) in [6.45, 7) is 0.456. The molecule has 1 heterocycles. The van der Waals surface area contributed by atoms with Gasteiger partial charge in [-0.3, -0.25) is 9.97 Å². The highest BCUT2D eigenvalue weighted by Gasteiger charge is 2.01. The molecule has 1 aromatic heterocycles. The first-order valence-corrected chi connectivity index (χ1v) is 4.73. The Balaban J connectivity index is 2.03. The summed E-state index contributed by atoms with van der Waals surface area (Å²) in [5, 5.41) is 12.0. The highest BCUT2D eigenvalue weighted by Crippen LogP contribution is 2.19. The molecule has 0 unspecified atom stereocenters. The van der Waals surface area contributed by atoms with Crippen LogP contribution in [0.25, 0.3) is 0 Å². The lowest BCUT2D eigenvalue weighted by Gasteiger charge is -2.05. The van der Waals surface area contributed by atoms with Gasteiger partial charge in [-0.15, -0.1) is 0 Å². The summed E-state index contributed by atoms with van der Waals surface area (Å²) < 4.78 is 13.0. The van der Waals surface area contributed by atoms with Gasteiger partial charge in [0, 0.05) is 24.1 Å². The predicted octanol–water partition coefficient (Wildman–Crippen LogP) is 1.93. The van der Waals surface area contributed by atoms with E-state index in [1.807, 2.05) is 0 Å². The van der Waals surface area contributed by atoms with Crippen molar-refractivity contribution < 1.29 is 9.50 Å². The van der Waals surface area contributed by atoms with E-state index in [1.54, 1.807) is 24.7 Å². The third-order valence-corrected chi connectivity index (χ3v) is 2.04. The van der Waals surface area contributed by atoms with Crippen molar-refractivity contribution in [3.05, 3.63) is 48.3 Å². The number of aromatic hydroxyl groups is 1. The molecule has 0 aliphatic rings. The van der Waals surface area contributed by atoms with Crippen LogP contribution in [0.5, 0.6) is 5.75 Å². The van der Waals surface area contributed by atoms with E-state index < -0.39 is 5.82 Å². The molecule has 0 aliphatic heterocycles. The summed E-state index contributed by atoms with van der Waals surface area (Å²) in [4.78, 5) is 7.98. The Hall–Kier alpha value is -2.17. The zero-order valence-corrected chi connectivity index (χ0v) is 8.39. The van der Waals surface area contributed by atoms with Crippen LogP contribution in [-0.2, 0) is 6.54 Å². The smallest absolute Gasteiger partial charge is 0.166 e. The molecule has 0 fully saturated rings. The van der Waals surface area contributed by atoms with Gasteiger partial charge in [-0.05, 0) is 12.1 Å². The predicted molar refractivity (Wildman–Crippen MR) is 57.4 cm³/mol. The van der Waals surface area contributed by atoms with Crippen LogP contribution in [0, 0.1) is 5.82 Å². The summed E-state index contributed by atoms with van der Waals surface area (Å²) in [6.07, 6.45) is 4.81. The van der Waals surface area contributed by atoms with Gasteiger partial charge in [-0.25, -0.2) is 4.39 Å². The van der Waals surface area contributed by atoms with Gasteiger partial charge < -0.3 is 10.4 Å². The number of halogens is 1. The van der Waals surface area contributed by atoms with Crippen LogP contribution in [0.4, 0.5) is 10.1 Å². The monoisotopic (exact) mass is 219 g/mol. The maximum Gasteiger partial charge on any atom is 0.166 e. The van der Waals surface area contributed by atoms with Crippen LogP contribution in [0.1, 0.15) is 5.69 Å². The minimum absolute atomic E-state index is 0.356. The Labute approximate surface area is 91.8 Å². The van der Waals surface area contributed by atoms with E-state index in [0.29, 0.717) is 12.2 Å². The number of hydrogen-bond acceptors (Lipinski definition) is 4. The second kappa shape index (κ2) is 4.57. The summed E-state index contributed by atoms with van der Waals surface area (Å²) in [7, 11) is 0. The molecule has 4 nitrogen and oxygen atoms in total. The van der Waals surface area contributed by atoms with E-state index in [-0.39, 0.29) is 5.75 Å². The Morgan fingerprint density at radius 2 is 2.19 bits per heavy atom. The molecular formula is C11H10FN3O. The number of nitrogens with one attached hydrogen (secondary N) is 1. The molecule has 16 heavy (non-hydrogen) atoms. The van der Waals surface area contributed by atoms with Crippen molar-refractivity contribution in [3.8, 4) is 5.75 Å². The van der Waals surface area contributed by atoms with Crippen LogP contribution in [0.15, 0.2) is 36.8 Å². The van der Waals surface area contributed by atoms with Crippen molar-refractivity contribution in [1.82, 2.24) is 9.97 Å². The summed E-state index contributed by atoms with van der Waals surface area (Å²) >= 11 is 0. The van der Waals surface area contributed by atoms with Gasteiger partial charge in [0.2, 0.25) is 0 Å². The molecule has 0 radical (unpaired) electrons. The molecule has 0 bridgehead atoms. The van der Waals surface area contributed by atoms with Crippen molar-refractivity contribution in [2.24, 2.45) is 0 Å². The van der Waals surface area contributed by atoms with Gasteiger partial charge in [-0.2, -0.15) is 0 Å². The maximum atomic E-state index is 13.0. The van der Waals surface area contributed by atoms with E-state index in [2.05, 4.69) is 15.3 Å². The van der Waals surface area contributed by atoms with Gasteiger partial charge in [-0.1, -0.05) is 0 Å². The second-order valence-corrected chi connectivity index (χ2v) is 3.22. The number of nitrogens with zero attached hydrogens (tertiary/aromatic N) is 2. The average molecular weight is 219 g/mol. The number of hydrogen-bond donors (Lipinski definition) is 2. The average Bonchev–Trinajstić information content (AvgIpc) is 2.32. The van der Waals surface area contributed by atoms with Crippen molar-refractivity contribution in [3.63, 3.8) is 0 Å². The van der Waals surface area contributed by atoms with E-state index >= 15 is 0 Å². The third kappa shape index (κ3) is 2.44. The highest BCUT2D eigenvalue weighted by molar-refractivity contribution is 5.46. The lowest BCUT2D eigenvalue weighted by Crippen LogP contribution is -2.01. The second-order valence-electron chi connectivity index (χ2n) is 3.22. The van der Waals surface area contributed by atoms with E-state index in [4.69, 9.17) is 5.11 Å². The zero-order valence-electron chi connectivity index (χ0n) is 8.39. The summed E-state index contributed by atoms with van der Waals surface area (Å²) in [5.74, 6) is -1.01. The molecule has 5 heteroatoms. The van der Waals surface area contributed by atoms with Crippen LogP contribution < -0.4 is 5.32 Å². The SMILES string of the molecule is Oc1ccc(NCc2cnccn2)cc1F. The van der Waals surface area contributed by atoms with E-state index in [9.17, 15) is 4.39 Å². The standard InChI is InChI=1S/C11H10FN3O/c12-10-5-8(1-2-11(10)16)15-7-9-6-13-3-4-14-9/h1-6,15-16H,7H2. The number of phenolic OH excluding ortho intramolecular Hbond substituents is 1. The molecule has 0 atom stereocenters. The Morgan fingerprint density at radius 1 is 1.31 bits per heavy atom. The van der Waals surface area contributed by atoms with Crippen LogP contribution in [-0.4, -0.2) is 15.1 Å². The molecule has 1 aromatic carbocycles. The minimum atomic E-state index is -0.649. The van der Waals surface area contributed by atoms with Gasteiger partial charge in [0.25, 0.3) is 0 Å². The first kappa shape index (κ1) is 10.4. The topological polar surface area (TPSA) is 58.0 Å². The van der Waals surface area contributed by atoms with Crippen molar-refractivity contribution in [2.75, 3.05) is 5.32 Å². The highest BCUT2D eigenvalue weighted by atomic mass is 19.1. The van der Waals surface area contributed by atoms with Crippen LogP contribution >= 0.6 is 0 Å². The molecule has 0 aliphatic carbocycles. The number of anilines is 1. The molecule has 0 spiro atoms. The Bertz CT molecular complexity index is 476. The quantitative estimate of drug-likeness (QED) is 0.774. The van der Waals surface area contributed by atoms with Gasteiger partial charge >= 0.3 is 0 Å². The van der Waals surface area contributed by atoms with Crippen molar-refractivity contribution in [2.45, 2.75) is 6.54 Å². The Morgan fingerprint density at radius 3 is 2.88 bits per heavy atom. The molecule has 2 rings (SSSR count). The van der Waals surface area contributed by atoms with Crippen LogP contribution in [0.3, 0.4) is 0 Å². The number of benzene rings is 1. The molecule has 0 saturated carbocycles. The fourth-order valence-corrected chi connectivity index (χ4v) is 1.23. The molecule has 82 valence electrons. The fourth-order valence-electron chi connectivity index (χ4n) is 1.23. The lowest BCUT2D eigenvalue weighted by molar-refractivity contribution is 0.432. The lowest BCUT2D eigenvalue weighted by atomic mass is 10.3. The third-order valence-electron chi connectivity index (χ3n) is 2.04. The van der Waals surface area contributed by atoms with E-state index in [1.165, 1.54) is 12.1 Å². The molecular weight excluding hydrogens is 209 g/mol. The van der Waals surface area contributed by atoms with Crippen molar-refractivity contribution >= 4 is 5.69 Å². The summed E-state index contributed by atoms with van der Waals surface area (Å²) in [6, 6.07) is 4.12. The molecule has 2 N–H and O–H groups in total. The van der Waals surface area contributed by atoms with Crippen molar-refractivity contribution in [1.29, 1.82) is 0 Å². The van der Waals surface area contributed by atoms with E-state index in [0.717, 1.165) is 5.69 Å². The van der Waals surface area contributed by atoms with Gasteiger partial charge in [0.05, 0.1) is 18.4 Å². The van der Waals surface area contributed by atoms with Gasteiger partial charge in [0.1, 0.15) is 0 Å².